The fourth-order valence-corrected chi connectivity index (χ4v) is 1.77. The third-order valence-electron chi connectivity index (χ3n) is 1.87. The molecule has 2 N–H and O–H groups in total. The molecule has 2 aromatic rings. The van der Waals surface area contributed by atoms with Gasteiger partial charge >= 0.3 is 0 Å². The lowest BCUT2D eigenvalue weighted by atomic mass is 10.2. The zero-order valence-electron chi connectivity index (χ0n) is 7.69. The van der Waals surface area contributed by atoms with E-state index in [9.17, 15) is 0 Å². The summed E-state index contributed by atoms with van der Waals surface area (Å²) < 4.78 is 0.975. The molecule has 1 heterocycles. The summed E-state index contributed by atoms with van der Waals surface area (Å²) in [5, 5.41) is 8.68. The number of halogens is 2. The smallest absolute Gasteiger partial charge is 0.165 e. The Labute approximate surface area is 100 Å². The Kier molecular flexibility index (Phi) is 2.93. The maximum Gasteiger partial charge on any atom is 0.165 e. The van der Waals surface area contributed by atoms with Crippen LogP contribution in [0.5, 0.6) is 0 Å². The molecule has 4 nitrogen and oxygen atoms in total. The maximum atomic E-state index is 5.89. The molecule has 1 aromatic carbocycles. The van der Waals surface area contributed by atoms with Gasteiger partial charge in [-0.15, -0.1) is 5.10 Å². The Morgan fingerprint density at radius 2 is 2.27 bits per heavy atom. The van der Waals surface area contributed by atoms with Crippen molar-refractivity contribution in [2.75, 3.05) is 5.73 Å². The van der Waals surface area contributed by atoms with Gasteiger partial charge in [0.25, 0.3) is 0 Å². The molecule has 15 heavy (non-hydrogen) atoms. The van der Waals surface area contributed by atoms with Crippen molar-refractivity contribution < 1.29 is 0 Å². The molecule has 0 amide bonds. The van der Waals surface area contributed by atoms with Crippen molar-refractivity contribution in [1.82, 2.24) is 15.0 Å². The summed E-state index contributed by atoms with van der Waals surface area (Å²) in [4.78, 5) is 1.52. The van der Waals surface area contributed by atoms with Crippen LogP contribution in [0.15, 0.2) is 28.9 Å². The summed E-state index contributed by atoms with van der Waals surface area (Å²) in [7, 11) is 0. The Morgan fingerprint density at radius 1 is 1.47 bits per heavy atom. The molecule has 78 valence electrons. The lowest BCUT2D eigenvalue weighted by molar-refractivity contribution is 0.592. The highest BCUT2D eigenvalue weighted by molar-refractivity contribution is 9.10. The second-order valence-corrected chi connectivity index (χ2v) is 4.33. The monoisotopic (exact) mass is 286 g/mol. The van der Waals surface area contributed by atoms with Crippen LogP contribution >= 0.6 is 27.5 Å². The van der Waals surface area contributed by atoms with E-state index >= 15 is 0 Å². The van der Waals surface area contributed by atoms with Gasteiger partial charge in [-0.2, -0.15) is 9.90 Å². The molecular formula is C9H8BrClN4. The number of benzene rings is 1. The van der Waals surface area contributed by atoms with Crippen LogP contribution in [0.25, 0.3) is 0 Å². The molecule has 0 spiro atoms. The van der Waals surface area contributed by atoms with Crippen LogP contribution in [0, 0.1) is 0 Å². The first-order valence-electron chi connectivity index (χ1n) is 4.24. The summed E-state index contributed by atoms with van der Waals surface area (Å²) in [6.07, 6.45) is 1.51. The third-order valence-corrected chi connectivity index (χ3v) is 2.88. The van der Waals surface area contributed by atoms with E-state index in [-0.39, 0.29) is 0 Å². The van der Waals surface area contributed by atoms with Crippen molar-refractivity contribution in [3.63, 3.8) is 0 Å². The molecule has 0 atom stereocenters. The standard InChI is InChI=1S/C9H8BrClN4/c10-8-2-1-7(11)3-6(8)5-15-13-4-9(12)14-15/h1-4H,5H2,(H2,12,14). The molecule has 6 heteroatoms. The lowest BCUT2D eigenvalue weighted by Crippen LogP contribution is -2.04. The largest absolute Gasteiger partial charge is 0.381 e. The molecule has 0 aliphatic heterocycles. The Bertz CT molecular complexity index is 483. The Balaban J connectivity index is 2.27. The number of hydrogen-bond acceptors (Lipinski definition) is 3. The lowest BCUT2D eigenvalue weighted by Gasteiger charge is -2.03. The van der Waals surface area contributed by atoms with E-state index in [4.69, 9.17) is 17.3 Å². The van der Waals surface area contributed by atoms with Gasteiger partial charge in [0.1, 0.15) is 0 Å². The fraction of sp³-hybridized carbons (Fsp3) is 0.111. The van der Waals surface area contributed by atoms with E-state index in [1.165, 1.54) is 11.0 Å². The van der Waals surface area contributed by atoms with Gasteiger partial charge in [0.15, 0.2) is 5.82 Å². The van der Waals surface area contributed by atoms with Crippen LogP contribution in [0.3, 0.4) is 0 Å². The topological polar surface area (TPSA) is 56.7 Å². The second kappa shape index (κ2) is 4.20. The van der Waals surface area contributed by atoms with Crippen molar-refractivity contribution in [3.8, 4) is 0 Å². The van der Waals surface area contributed by atoms with Crippen molar-refractivity contribution in [2.24, 2.45) is 0 Å². The van der Waals surface area contributed by atoms with Crippen molar-refractivity contribution >= 4 is 33.3 Å². The summed E-state index contributed by atoms with van der Waals surface area (Å²) >= 11 is 9.33. The van der Waals surface area contributed by atoms with E-state index in [0.717, 1.165) is 10.0 Å². The third kappa shape index (κ3) is 2.49. The van der Waals surface area contributed by atoms with E-state index in [0.29, 0.717) is 17.4 Å². The molecule has 2 rings (SSSR count). The van der Waals surface area contributed by atoms with Crippen molar-refractivity contribution in [2.45, 2.75) is 6.54 Å². The highest BCUT2D eigenvalue weighted by Crippen LogP contribution is 2.21. The zero-order chi connectivity index (χ0) is 10.8. The number of anilines is 1. The molecule has 0 fully saturated rings. The molecule has 1 aromatic heterocycles. The number of nitrogen functional groups attached to an aromatic ring is 1. The van der Waals surface area contributed by atoms with Crippen LogP contribution in [0.4, 0.5) is 5.82 Å². The van der Waals surface area contributed by atoms with Crippen molar-refractivity contribution in [1.29, 1.82) is 0 Å². The predicted molar refractivity (Wildman–Crippen MR) is 62.7 cm³/mol. The number of hydrogen-bond donors (Lipinski definition) is 1. The minimum absolute atomic E-state index is 0.410. The number of nitrogens with zero attached hydrogens (tertiary/aromatic N) is 3. The van der Waals surface area contributed by atoms with Gasteiger partial charge < -0.3 is 5.73 Å². The SMILES string of the molecule is Nc1cnn(Cc2cc(Cl)ccc2Br)n1. The van der Waals surface area contributed by atoms with Gasteiger partial charge in [-0.3, -0.25) is 0 Å². The van der Waals surface area contributed by atoms with E-state index in [1.807, 2.05) is 18.2 Å². The van der Waals surface area contributed by atoms with Crippen molar-refractivity contribution in [3.05, 3.63) is 39.5 Å². The number of aromatic nitrogens is 3. The highest BCUT2D eigenvalue weighted by Gasteiger charge is 2.03. The van der Waals surface area contributed by atoms with Crippen LogP contribution < -0.4 is 5.73 Å². The Morgan fingerprint density at radius 3 is 2.93 bits per heavy atom. The molecule has 0 saturated carbocycles. The molecule has 0 bridgehead atoms. The van der Waals surface area contributed by atoms with E-state index in [1.54, 1.807) is 0 Å². The van der Waals surface area contributed by atoms with E-state index < -0.39 is 0 Å². The first-order valence-corrected chi connectivity index (χ1v) is 5.42. The zero-order valence-corrected chi connectivity index (χ0v) is 10.0. The van der Waals surface area contributed by atoms with Gasteiger partial charge in [-0.05, 0) is 23.8 Å². The maximum absolute atomic E-state index is 5.89. The van der Waals surface area contributed by atoms with Gasteiger partial charge in [0.2, 0.25) is 0 Å². The predicted octanol–water partition coefficient (Wildman–Crippen LogP) is 2.32. The normalized spacial score (nSPS) is 10.5. The van der Waals surface area contributed by atoms with Gasteiger partial charge in [-0.1, -0.05) is 27.5 Å². The number of rotatable bonds is 2. The molecule has 0 aliphatic carbocycles. The van der Waals surface area contributed by atoms with Gasteiger partial charge in [0, 0.05) is 9.50 Å². The summed E-state index contributed by atoms with van der Waals surface area (Å²) in [6, 6.07) is 5.58. The quantitative estimate of drug-likeness (QED) is 0.922. The van der Waals surface area contributed by atoms with Crippen LogP contribution in [-0.2, 0) is 6.54 Å². The minimum atomic E-state index is 0.410. The molecule has 0 radical (unpaired) electrons. The minimum Gasteiger partial charge on any atom is -0.381 e. The molecular weight excluding hydrogens is 279 g/mol. The van der Waals surface area contributed by atoms with Crippen LogP contribution in [0.2, 0.25) is 5.02 Å². The second-order valence-electron chi connectivity index (χ2n) is 3.04. The van der Waals surface area contributed by atoms with Gasteiger partial charge in [-0.25, -0.2) is 0 Å². The first-order chi connectivity index (χ1) is 7.15. The average molecular weight is 288 g/mol. The molecule has 0 unspecified atom stereocenters. The van der Waals surface area contributed by atoms with Gasteiger partial charge in [0.05, 0.1) is 12.7 Å². The summed E-state index contributed by atoms with van der Waals surface area (Å²) in [5.74, 6) is 0.410. The Hall–Kier alpha value is -1.07. The average Bonchev–Trinajstić information content (AvgIpc) is 2.58. The van der Waals surface area contributed by atoms with E-state index in [2.05, 4.69) is 26.1 Å². The summed E-state index contributed by atoms with van der Waals surface area (Å²) in [5.41, 5.74) is 6.48. The fourth-order valence-electron chi connectivity index (χ4n) is 1.20. The molecule has 0 aliphatic rings. The first kappa shape index (κ1) is 10.4. The number of nitrogens with two attached hydrogens (primary N) is 1. The highest BCUT2D eigenvalue weighted by atomic mass is 79.9. The molecule has 0 saturated heterocycles. The van der Waals surface area contributed by atoms with Crippen LogP contribution in [0.1, 0.15) is 5.56 Å². The summed E-state index contributed by atoms with van der Waals surface area (Å²) in [6.45, 7) is 0.540. The van der Waals surface area contributed by atoms with Crippen LogP contribution in [-0.4, -0.2) is 15.0 Å².